The van der Waals surface area contributed by atoms with E-state index in [1.54, 1.807) is 0 Å². The Morgan fingerprint density at radius 1 is 1.12 bits per heavy atom. The van der Waals surface area contributed by atoms with Crippen LogP contribution in [0.2, 0.25) is 0 Å². The second kappa shape index (κ2) is 5.49. The first-order valence-electron chi connectivity index (χ1n) is 6.23. The highest BCUT2D eigenvalue weighted by Crippen LogP contribution is 2.16. The zero-order chi connectivity index (χ0) is 12.2. The van der Waals surface area contributed by atoms with Crippen molar-refractivity contribution in [3.05, 3.63) is 34.9 Å². The zero-order valence-corrected chi connectivity index (χ0v) is 11.1. The average Bonchev–Trinajstić information content (AvgIpc) is 2.16. The van der Waals surface area contributed by atoms with E-state index >= 15 is 0 Å². The van der Waals surface area contributed by atoms with E-state index in [0.717, 1.165) is 6.42 Å². The largest absolute Gasteiger partial charge is 0.326 e. The summed E-state index contributed by atoms with van der Waals surface area (Å²) in [7, 11) is 0. The lowest BCUT2D eigenvalue weighted by molar-refractivity contribution is 0.450. The maximum absolute atomic E-state index is 5.97. The number of hydrogen-bond acceptors (Lipinski definition) is 1. The Bertz CT molecular complexity index is 334. The Morgan fingerprint density at radius 3 is 2.44 bits per heavy atom. The molecular weight excluding hydrogens is 194 g/mol. The number of rotatable bonds is 5. The van der Waals surface area contributed by atoms with Gasteiger partial charge in [0.25, 0.3) is 0 Å². The van der Waals surface area contributed by atoms with Crippen molar-refractivity contribution in [2.75, 3.05) is 0 Å². The van der Waals surface area contributed by atoms with Gasteiger partial charge >= 0.3 is 0 Å². The summed E-state index contributed by atoms with van der Waals surface area (Å²) in [5.41, 5.74) is 10.2. The summed E-state index contributed by atoms with van der Waals surface area (Å²) >= 11 is 0. The standard InChI is InChI=1S/C15H25N/c1-12-8-9-13(2)14(11-12)7-5-6-10-15(3,4)16/h8-9,11H,5-7,10,16H2,1-4H3. The number of hydrogen-bond donors (Lipinski definition) is 1. The molecular formula is C15H25N. The average molecular weight is 219 g/mol. The van der Waals surface area contributed by atoms with Gasteiger partial charge in [-0.3, -0.25) is 0 Å². The number of nitrogens with two attached hydrogens (primary N) is 1. The molecule has 0 radical (unpaired) electrons. The predicted molar refractivity (Wildman–Crippen MR) is 71.7 cm³/mol. The highest BCUT2D eigenvalue weighted by Gasteiger charge is 2.09. The fraction of sp³-hybridized carbons (Fsp3) is 0.600. The molecule has 0 unspecified atom stereocenters. The topological polar surface area (TPSA) is 26.0 Å². The monoisotopic (exact) mass is 219 g/mol. The molecule has 0 aliphatic carbocycles. The van der Waals surface area contributed by atoms with Crippen LogP contribution in [0.15, 0.2) is 18.2 Å². The molecule has 0 saturated heterocycles. The van der Waals surface area contributed by atoms with Crippen molar-refractivity contribution in [1.29, 1.82) is 0 Å². The molecule has 1 rings (SSSR count). The highest BCUT2D eigenvalue weighted by atomic mass is 14.7. The minimum atomic E-state index is -0.0123. The van der Waals surface area contributed by atoms with Crippen LogP contribution < -0.4 is 5.73 Å². The minimum Gasteiger partial charge on any atom is -0.326 e. The lowest BCUT2D eigenvalue weighted by Gasteiger charge is -2.18. The van der Waals surface area contributed by atoms with E-state index < -0.39 is 0 Å². The summed E-state index contributed by atoms with van der Waals surface area (Å²) < 4.78 is 0. The molecule has 0 aliphatic rings. The van der Waals surface area contributed by atoms with E-state index in [0.29, 0.717) is 0 Å². The molecule has 0 bridgehead atoms. The third-order valence-electron chi connectivity index (χ3n) is 3.02. The molecule has 0 aromatic heterocycles. The molecule has 0 amide bonds. The molecule has 1 aromatic rings. The maximum Gasteiger partial charge on any atom is 0.00970 e. The van der Waals surface area contributed by atoms with Crippen LogP contribution in [0.4, 0.5) is 0 Å². The second-order valence-electron chi connectivity index (χ2n) is 5.63. The van der Waals surface area contributed by atoms with Crippen molar-refractivity contribution >= 4 is 0 Å². The molecule has 0 fully saturated rings. The van der Waals surface area contributed by atoms with E-state index in [9.17, 15) is 0 Å². The van der Waals surface area contributed by atoms with E-state index in [2.05, 4.69) is 45.9 Å². The predicted octanol–water partition coefficient (Wildman–Crippen LogP) is 3.75. The quantitative estimate of drug-likeness (QED) is 0.750. The lowest BCUT2D eigenvalue weighted by Crippen LogP contribution is -2.31. The Labute approximate surface area is 100 Å². The Morgan fingerprint density at radius 2 is 1.81 bits per heavy atom. The van der Waals surface area contributed by atoms with Crippen LogP contribution in [-0.2, 0) is 6.42 Å². The summed E-state index contributed by atoms with van der Waals surface area (Å²) in [6.07, 6.45) is 4.75. The van der Waals surface area contributed by atoms with Crippen molar-refractivity contribution < 1.29 is 0 Å². The van der Waals surface area contributed by atoms with Crippen molar-refractivity contribution in [1.82, 2.24) is 0 Å². The van der Waals surface area contributed by atoms with Gasteiger partial charge in [-0.25, -0.2) is 0 Å². The molecule has 0 saturated carbocycles. The smallest absolute Gasteiger partial charge is 0.00970 e. The van der Waals surface area contributed by atoms with Gasteiger partial charge in [-0.05, 0) is 58.1 Å². The maximum atomic E-state index is 5.97. The van der Waals surface area contributed by atoms with Gasteiger partial charge in [0.2, 0.25) is 0 Å². The molecule has 0 spiro atoms. The van der Waals surface area contributed by atoms with Gasteiger partial charge < -0.3 is 5.73 Å². The highest BCUT2D eigenvalue weighted by molar-refractivity contribution is 5.30. The molecule has 90 valence electrons. The number of benzene rings is 1. The van der Waals surface area contributed by atoms with Crippen LogP contribution in [0, 0.1) is 13.8 Å². The van der Waals surface area contributed by atoms with Gasteiger partial charge in [-0.2, -0.15) is 0 Å². The van der Waals surface area contributed by atoms with Gasteiger partial charge in [0.05, 0.1) is 0 Å². The Kier molecular flexibility index (Phi) is 4.55. The molecule has 1 heteroatoms. The third-order valence-corrected chi connectivity index (χ3v) is 3.02. The van der Waals surface area contributed by atoms with Gasteiger partial charge in [0, 0.05) is 5.54 Å². The van der Waals surface area contributed by atoms with Crippen LogP contribution in [0.5, 0.6) is 0 Å². The first-order valence-corrected chi connectivity index (χ1v) is 6.23. The van der Waals surface area contributed by atoms with Crippen LogP contribution in [-0.4, -0.2) is 5.54 Å². The second-order valence-corrected chi connectivity index (χ2v) is 5.63. The van der Waals surface area contributed by atoms with E-state index in [1.165, 1.54) is 36.0 Å². The fourth-order valence-electron chi connectivity index (χ4n) is 1.97. The van der Waals surface area contributed by atoms with Gasteiger partial charge in [-0.15, -0.1) is 0 Å². The molecule has 2 N–H and O–H groups in total. The van der Waals surface area contributed by atoms with E-state index in [1.807, 2.05) is 0 Å². The van der Waals surface area contributed by atoms with Gasteiger partial charge in [0.1, 0.15) is 0 Å². The van der Waals surface area contributed by atoms with E-state index in [-0.39, 0.29) is 5.54 Å². The fourth-order valence-corrected chi connectivity index (χ4v) is 1.97. The van der Waals surface area contributed by atoms with Crippen LogP contribution in [0.1, 0.15) is 49.8 Å². The SMILES string of the molecule is Cc1ccc(C)c(CCCCC(C)(C)N)c1. The summed E-state index contributed by atoms with van der Waals surface area (Å²) in [6.45, 7) is 8.56. The van der Waals surface area contributed by atoms with Crippen molar-refractivity contribution in [2.24, 2.45) is 5.73 Å². The first kappa shape index (κ1) is 13.2. The Balaban J connectivity index is 2.40. The molecule has 0 heterocycles. The van der Waals surface area contributed by atoms with Crippen molar-refractivity contribution in [2.45, 2.75) is 58.9 Å². The third kappa shape index (κ3) is 4.80. The zero-order valence-electron chi connectivity index (χ0n) is 11.1. The summed E-state index contributed by atoms with van der Waals surface area (Å²) in [4.78, 5) is 0. The van der Waals surface area contributed by atoms with Crippen LogP contribution >= 0.6 is 0 Å². The lowest BCUT2D eigenvalue weighted by atomic mass is 9.95. The molecule has 1 aromatic carbocycles. The summed E-state index contributed by atoms with van der Waals surface area (Å²) in [6, 6.07) is 6.71. The summed E-state index contributed by atoms with van der Waals surface area (Å²) in [5.74, 6) is 0. The minimum absolute atomic E-state index is 0.0123. The molecule has 16 heavy (non-hydrogen) atoms. The summed E-state index contributed by atoms with van der Waals surface area (Å²) in [5, 5.41) is 0. The number of unbranched alkanes of at least 4 members (excludes halogenated alkanes) is 1. The normalized spacial score (nSPS) is 11.8. The molecule has 1 nitrogen and oxygen atoms in total. The van der Waals surface area contributed by atoms with E-state index in [4.69, 9.17) is 5.73 Å². The van der Waals surface area contributed by atoms with Crippen LogP contribution in [0.3, 0.4) is 0 Å². The first-order chi connectivity index (χ1) is 7.38. The van der Waals surface area contributed by atoms with Crippen molar-refractivity contribution in [3.8, 4) is 0 Å². The van der Waals surface area contributed by atoms with Crippen LogP contribution in [0.25, 0.3) is 0 Å². The number of aryl methyl sites for hydroxylation is 3. The van der Waals surface area contributed by atoms with Crippen molar-refractivity contribution in [3.63, 3.8) is 0 Å². The molecule has 0 aliphatic heterocycles. The van der Waals surface area contributed by atoms with Gasteiger partial charge in [0.15, 0.2) is 0 Å². The van der Waals surface area contributed by atoms with Gasteiger partial charge in [-0.1, -0.05) is 30.2 Å². The molecule has 0 atom stereocenters. The Hall–Kier alpha value is -0.820.